The smallest absolute Gasteiger partial charge is 0.329 e. The zero-order valence-electron chi connectivity index (χ0n) is 17.0. The van der Waals surface area contributed by atoms with Gasteiger partial charge in [-0.05, 0) is 23.6 Å². The molecule has 2 aromatic rings. The Hall–Kier alpha value is -3.46. The monoisotopic (exact) mass is 447 g/mol. The number of nitrogens with one attached hydrogen (secondary N) is 2. The third-order valence-corrected chi connectivity index (χ3v) is 4.61. The third-order valence-electron chi connectivity index (χ3n) is 4.29. The van der Waals surface area contributed by atoms with Crippen LogP contribution in [0.2, 0.25) is 5.02 Å². The van der Waals surface area contributed by atoms with Crippen molar-refractivity contribution in [2.75, 3.05) is 6.61 Å². The van der Waals surface area contributed by atoms with E-state index in [0.29, 0.717) is 0 Å². The predicted octanol–water partition coefficient (Wildman–Crippen LogP) is 2.86. The van der Waals surface area contributed by atoms with Crippen molar-refractivity contribution in [3.05, 3.63) is 74.8 Å². The van der Waals surface area contributed by atoms with Gasteiger partial charge in [0.05, 0.1) is 4.92 Å². The van der Waals surface area contributed by atoms with Crippen molar-refractivity contribution in [1.82, 2.24) is 10.6 Å². The minimum Gasteiger partial charge on any atom is -0.454 e. The highest BCUT2D eigenvalue weighted by molar-refractivity contribution is 6.32. The SMILES string of the molecule is CC(C)C(NC(=O)c1ccc(Cl)c([N+](=O)[O-])c1)C(=O)OCC(=O)NCc1ccccc1. The molecule has 0 heterocycles. The van der Waals surface area contributed by atoms with Crippen LogP contribution in [0.25, 0.3) is 0 Å². The lowest BCUT2D eigenvalue weighted by Crippen LogP contribution is -2.46. The molecule has 2 amide bonds. The number of halogens is 1. The molecule has 31 heavy (non-hydrogen) atoms. The number of rotatable bonds is 9. The summed E-state index contributed by atoms with van der Waals surface area (Å²) < 4.78 is 5.04. The van der Waals surface area contributed by atoms with Crippen LogP contribution in [0.4, 0.5) is 5.69 Å². The summed E-state index contributed by atoms with van der Waals surface area (Å²) in [5, 5.41) is 16.0. The van der Waals surface area contributed by atoms with Crippen LogP contribution in [-0.4, -0.2) is 35.4 Å². The average Bonchev–Trinajstić information content (AvgIpc) is 2.74. The number of benzene rings is 2. The summed E-state index contributed by atoms with van der Waals surface area (Å²) in [5.74, 6) is -2.34. The van der Waals surface area contributed by atoms with E-state index in [1.54, 1.807) is 13.8 Å². The molecule has 0 radical (unpaired) electrons. The van der Waals surface area contributed by atoms with E-state index in [2.05, 4.69) is 10.6 Å². The Labute approximate surface area is 183 Å². The minimum absolute atomic E-state index is 0.0323. The number of esters is 1. The summed E-state index contributed by atoms with van der Waals surface area (Å²) in [6.45, 7) is 3.16. The zero-order valence-corrected chi connectivity index (χ0v) is 17.7. The Morgan fingerprint density at radius 2 is 1.81 bits per heavy atom. The summed E-state index contributed by atoms with van der Waals surface area (Å²) >= 11 is 5.75. The lowest BCUT2D eigenvalue weighted by Gasteiger charge is -2.20. The minimum atomic E-state index is -1.05. The first-order chi connectivity index (χ1) is 14.7. The molecule has 2 aromatic carbocycles. The van der Waals surface area contributed by atoms with Crippen molar-refractivity contribution >= 4 is 35.1 Å². The molecule has 0 saturated carbocycles. The third kappa shape index (κ3) is 7.07. The van der Waals surface area contributed by atoms with Gasteiger partial charge >= 0.3 is 5.97 Å². The van der Waals surface area contributed by atoms with Gasteiger partial charge in [-0.15, -0.1) is 0 Å². The molecular weight excluding hydrogens is 426 g/mol. The maximum atomic E-state index is 12.5. The predicted molar refractivity (Wildman–Crippen MR) is 113 cm³/mol. The first-order valence-corrected chi connectivity index (χ1v) is 9.79. The largest absolute Gasteiger partial charge is 0.454 e. The molecule has 0 saturated heterocycles. The number of nitro groups is 1. The lowest BCUT2D eigenvalue weighted by atomic mass is 10.0. The molecule has 9 nitrogen and oxygen atoms in total. The molecule has 0 aliphatic rings. The maximum Gasteiger partial charge on any atom is 0.329 e. The van der Waals surface area contributed by atoms with Crippen molar-refractivity contribution in [1.29, 1.82) is 0 Å². The molecule has 0 bridgehead atoms. The van der Waals surface area contributed by atoms with Crippen LogP contribution >= 0.6 is 11.6 Å². The molecule has 0 spiro atoms. The van der Waals surface area contributed by atoms with E-state index < -0.39 is 41.0 Å². The number of carbonyl (C=O) groups is 3. The molecule has 2 N–H and O–H groups in total. The standard InChI is InChI=1S/C21H22ClN3O6/c1-13(2)19(24-20(27)15-8-9-16(22)17(10-15)25(29)30)21(28)31-12-18(26)23-11-14-6-4-3-5-7-14/h3-10,13,19H,11-12H2,1-2H3,(H,23,26)(H,24,27). The fourth-order valence-corrected chi connectivity index (χ4v) is 2.78. The number of hydrogen-bond donors (Lipinski definition) is 2. The van der Waals surface area contributed by atoms with Gasteiger partial charge in [-0.1, -0.05) is 55.8 Å². The molecule has 0 fully saturated rings. The molecule has 0 aromatic heterocycles. The quantitative estimate of drug-likeness (QED) is 0.345. The highest BCUT2D eigenvalue weighted by atomic mass is 35.5. The van der Waals surface area contributed by atoms with Crippen LogP contribution in [-0.2, 0) is 20.9 Å². The van der Waals surface area contributed by atoms with Gasteiger partial charge in [-0.3, -0.25) is 19.7 Å². The Bertz CT molecular complexity index is 965. The van der Waals surface area contributed by atoms with Crippen molar-refractivity contribution in [3.8, 4) is 0 Å². The van der Waals surface area contributed by atoms with E-state index >= 15 is 0 Å². The number of nitro benzene ring substituents is 1. The number of nitrogens with zero attached hydrogens (tertiary/aromatic N) is 1. The Kier molecular flexibility index (Phi) is 8.51. The second-order valence-electron chi connectivity index (χ2n) is 6.99. The van der Waals surface area contributed by atoms with E-state index in [-0.39, 0.29) is 23.0 Å². The topological polar surface area (TPSA) is 128 Å². The van der Waals surface area contributed by atoms with Crippen molar-refractivity contribution in [2.24, 2.45) is 5.92 Å². The number of hydrogen-bond acceptors (Lipinski definition) is 6. The van der Waals surface area contributed by atoms with Gasteiger partial charge in [0.2, 0.25) is 0 Å². The van der Waals surface area contributed by atoms with Gasteiger partial charge in [0.15, 0.2) is 6.61 Å². The Morgan fingerprint density at radius 3 is 2.42 bits per heavy atom. The van der Waals surface area contributed by atoms with Crippen molar-refractivity contribution in [2.45, 2.75) is 26.4 Å². The second-order valence-corrected chi connectivity index (χ2v) is 7.40. The van der Waals surface area contributed by atoms with Gasteiger partial charge in [-0.2, -0.15) is 0 Å². The van der Waals surface area contributed by atoms with E-state index in [4.69, 9.17) is 16.3 Å². The summed E-state index contributed by atoms with van der Waals surface area (Å²) in [5.41, 5.74) is 0.440. The van der Waals surface area contributed by atoms with E-state index in [9.17, 15) is 24.5 Å². The molecule has 10 heteroatoms. The fourth-order valence-electron chi connectivity index (χ4n) is 2.59. The summed E-state index contributed by atoms with van der Waals surface area (Å²) in [6.07, 6.45) is 0. The summed E-state index contributed by atoms with van der Waals surface area (Å²) in [4.78, 5) is 47.1. The van der Waals surface area contributed by atoms with Crippen molar-refractivity contribution < 1.29 is 24.0 Å². The highest BCUT2D eigenvalue weighted by Gasteiger charge is 2.27. The van der Waals surface area contributed by atoms with Crippen LogP contribution in [0.15, 0.2) is 48.5 Å². The summed E-state index contributed by atoms with van der Waals surface area (Å²) in [7, 11) is 0. The summed E-state index contributed by atoms with van der Waals surface area (Å²) in [6, 6.07) is 11.7. The number of carbonyl (C=O) groups excluding carboxylic acids is 3. The van der Waals surface area contributed by atoms with E-state index in [1.807, 2.05) is 30.3 Å². The van der Waals surface area contributed by atoms with Crippen LogP contribution in [0, 0.1) is 16.0 Å². The van der Waals surface area contributed by atoms with Crippen LogP contribution in [0.1, 0.15) is 29.8 Å². The molecule has 0 aliphatic heterocycles. The molecular formula is C21H22ClN3O6. The van der Waals surface area contributed by atoms with Crippen LogP contribution in [0.5, 0.6) is 0 Å². The first kappa shape index (κ1) is 23.8. The first-order valence-electron chi connectivity index (χ1n) is 9.41. The molecule has 2 rings (SSSR count). The van der Waals surface area contributed by atoms with Gasteiger partial charge in [-0.25, -0.2) is 4.79 Å². The second kappa shape index (κ2) is 11.1. The molecule has 1 atom stereocenters. The average molecular weight is 448 g/mol. The molecule has 1 unspecified atom stereocenters. The van der Waals surface area contributed by atoms with Gasteiger partial charge < -0.3 is 15.4 Å². The number of ether oxygens (including phenoxy) is 1. The Morgan fingerprint density at radius 1 is 1.13 bits per heavy atom. The lowest BCUT2D eigenvalue weighted by molar-refractivity contribution is -0.384. The van der Waals surface area contributed by atoms with Crippen LogP contribution < -0.4 is 10.6 Å². The fraction of sp³-hybridized carbons (Fsp3) is 0.286. The van der Waals surface area contributed by atoms with Gasteiger partial charge in [0.25, 0.3) is 17.5 Å². The Balaban J connectivity index is 1.94. The van der Waals surface area contributed by atoms with Gasteiger partial charge in [0, 0.05) is 18.2 Å². The van der Waals surface area contributed by atoms with E-state index in [1.165, 1.54) is 12.1 Å². The number of amides is 2. The molecule has 164 valence electrons. The van der Waals surface area contributed by atoms with E-state index in [0.717, 1.165) is 11.6 Å². The van der Waals surface area contributed by atoms with Crippen molar-refractivity contribution in [3.63, 3.8) is 0 Å². The highest BCUT2D eigenvalue weighted by Crippen LogP contribution is 2.25. The zero-order chi connectivity index (χ0) is 23.0. The van der Waals surface area contributed by atoms with Gasteiger partial charge in [0.1, 0.15) is 11.1 Å². The maximum absolute atomic E-state index is 12.5. The normalized spacial score (nSPS) is 11.5. The van der Waals surface area contributed by atoms with Crippen LogP contribution in [0.3, 0.4) is 0 Å². The molecule has 0 aliphatic carbocycles.